The summed E-state index contributed by atoms with van der Waals surface area (Å²) in [5.74, 6) is 0.703. The molecule has 1 aromatic carbocycles. The quantitative estimate of drug-likeness (QED) is 0.524. The van der Waals surface area contributed by atoms with Crippen LogP contribution in [0.25, 0.3) is 17.1 Å². The Kier molecular flexibility index (Phi) is 4.85. The van der Waals surface area contributed by atoms with Crippen LogP contribution in [0.1, 0.15) is 28.2 Å². The van der Waals surface area contributed by atoms with Crippen LogP contribution in [-0.2, 0) is 19.5 Å². The fourth-order valence-electron chi connectivity index (χ4n) is 4.27. The molecule has 0 atom stereocenters. The number of hydrogen-bond donors (Lipinski definition) is 0. The highest BCUT2D eigenvalue weighted by molar-refractivity contribution is 5.52. The molecule has 0 bridgehead atoms. The van der Waals surface area contributed by atoms with Crippen molar-refractivity contribution < 1.29 is 0 Å². The molecule has 5 rings (SSSR count). The van der Waals surface area contributed by atoms with Gasteiger partial charge in [-0.1, -0.05) is 18.2 Å². The van der Waals surface area contributed by atoms with Gasteiger partial charge in [0.1, 0.15) is 6.33 Å². The molecule has 0 unspecified atom stereocenters. The zero-order valence-corrected chi connectivity index (χ0v) is 17.3. The Balaban J connectivity index is 1.35. The van der Waals surface area contributed by atoms with Gasteiger partial charge in [-0.15, -0.1) is 0 Å². The zero-order valence-electron chi connectivity index (χ0n) is 17.3. The number of fused-ring (bicyclic) bond motifs is 1. The third-order valence-electron chi connectivity index (χ3n) is 5.78. The van der Waals surface area contributed by atoms with Crippen molar-refractivity contribution in [2.75, 3.05) is 6.54 Å². The number of nitrogens with zero attached hydrogens (tertiary/aromatic N) is 6. The Labute approximate surface area is 176 Å². The summed E-state index contributed by atoms with van der Waals surface area (Å²) in [4.78, 5) is 20.0. The van der Waals surface area contributed by atoms with Crippen molar-refractivity contribution >= 4 is 0 Å². The van der Waals surface area contributed by atoms with Crippen LogP contribution in [0.5, 0.6) is 0 Å². The largest absolute Gasteiger partial charge is 0.318 e. The fraction of sp³-hybridized carbons (Fsp3) is 0.250. The van der Waals surface area contributed by atoms with Crippen LogP contribution >= 0.6 is 0 Å². The highest BCUT2D eigenvalue weighted by Gasteiger charge is 2.21. The normalized spacial score (nSPS) is 13.9. The molecule has 3 aromatic heterocycles. The molecular weight excluding hydrogens is 372 g/mol. The number of para-hydroxylation sites is 1. The number of rotatable bonds is 4. The second-order valence-corrected chi connectivity index (χ2v) is 7.82. The highest BCUT2D eigenvalue weighted by Crippen LogP contribution is 2.25. The molecule has 0 amide bonds. The molecule has 0 saturated carbocycles. The van der Waals surface area contributed by atoms with Crippen LogP contribution < -0.4 is 0 Å². The van der Waals surface area contributed by atoms with Crippen molar-refractivity contribution in [3.63, 3.8) is 0 Å². The van der Waals surface area contributed by atoms with E-state index in [1.807, 2.05) is 6.20 Å². The van der Waals surface area contributed by atoms with Gasteiger partial charge in [0, 0.05) is 67.3 Å². The van der Waals surface area contributed by atoms with Crippen molar-refractivity contribution in [3.8, 4) is 17.1 Å². The predicted molar refractivity (Wildman–Crippen MR) is 116 cm³/mol. The third-order valence-corrected chi connectivity index (χ3v) is 5.78. The van der Waals surface area contributed by atoms with Gasteiger partial charge in [-0.3, -0.25) is 4.90 Å². The summed E-state index contributed by atoms with van der Waals surface area (Å²) in [5, 5.41) is 0. The minimum atomic E-state index is 0.703. The van der Waals surface area contributed by atoms with Crippen LogP contribution in [0.4, 0.5) is 0 Å². The van der Waals surface area contributed by atoms with E-state index in [-0.39, 0.29) is 0 Å². The molecule has 1 aliphatic rings. The molecule has 4 aromatic rings. The summed E-state index contributed by atoms with van der Waals surface area (Å²) in [5.41, 5.74) is 8.36. The molecule has 0 radical (unpaired) electrons. The van der Waals surface area contributed by atoms with Gasteiger partial charge in [0.2, 0.25) is 0 Å². The Morgan fingerprint density at radius 2 is 1.80 bits per heavy atom. The molecule has 4 heterocycles. The smallest absolute Gasteiger partial charge is 0.162 e. The van der Waals surface area contributed by atoms with E-state index in [0.717, 1.165) is 37.3 Å². The first kappa shape index (κ1) is 18.6. The van der Waals surface area contributed by atoms with Gasteiger partial charge in [0.25, 0.3) is 0 Å². The Morgan fingerprint density at radius 1 is 1.00 bits per heavy atom. The lowest BCUT2D eigenvalue weighted by molar-refractivity contribution is 0.242. The first-order chi connectivity index (χ1) is 14.7. The molecule has 0 N–H and O–H groups in total. The van der Waals surface area contributed by atoms with Crippen molar-refractivity contribution in [1.82, 2.24) is 29.4 Å². The fourth-order valence-corrected chi connectivity index (χ4v) is 4.27. The molecule has 0 aliphatic carbocycles. The van der Waals surface area contributed by atoms with E-state index in [4.69, 9.17) is 4.98 Å². The lowest BCUT2D eigenvalue weighted by Crippen LogP contribution is -2.31. The van der Waals surface area contributed by atoms with Gasteiger partial charge < -0.3 is 4.57 Å². The molecule has 6 nitrogen and oxygen atoms in total. The maximum Gasteiger partial charge on any atom is 0.162 e. The molecule has 0 fully saturated rings. The number of aromatic nitrogens is 5. The van der Waals surface area contributed by atoms with Gasteiger partial charge in [-0.05, 0) is 37.6 Å². The molecule has 0 spiro atoms. The Hall–Kier alpha value is -3.38. The van der Waals surface area contributed by atoms with E-state index in [2.05, 4.69) is 74.7 Å². The molecular formula is C24H24N6. The summed E-state index contributed by atoms with van der Waals surface area (Å²) in [6, 6.07) is 12.9. The van der Waals surface area contributed by atoms with Gasteiger partial charge in [-0.25, -0.2) is 19.9 Å². The Morgan fingerprint density at radius 3 is 2.60 bits per heavy atom. The predicted octanol–water partition coefficient (Wildman–Crippen LogP) is 3.90. The first-order valence-electron chi connectivity index (χ1n) is 10.2. The lowest BCUT2D eigenvalue weighted by atomic mass is 10.1. The van der Waals surface area contributed by atoms with Crippen molar-refractivity contribution in [1.29, 1.82) is 0 Å². The summed E-state index contributed by atoms with van der Waals surface area (Å²) in [7, 11) is 0. The Bertz CT molecular complexity index is 1170. The van der Waals surface area contributed by atoms with Crippen LogP contribution in [0.3, 0.4) is 0 Å². The van der Waals surface area contributed by atoms with Gasteiger partial charge >= 0.3 is 0 Å². The summed E-state index contributed by atoms with van der Waals surface area (Å²) < 4.78 is 2.34. The average molecular weight is 396 g/mol. The van der Waals surface area contributed by atoms with E-state index in [1.165, 1.54) is 34.5 Å². The van der Waals surface area contributed by atoms with E-state index in [1.54, 1.807) is 12.4 Å². The monoisotopic (exact) mass is 396 g/mol. The minimum Gasteiger partial charge on any atom is -0.318 e. The standard InChI is InChI=1S/C24H24N6/c1-17-10-19(18(2)30(17)22-6-4-3-5-7-22)14-29-9-8-23-21(15-29)13-27-24(28-23)20-11-25-16-26-12-20/h3-7,10-13,16H,8-9,14-15H2,1-2H3. The molecule has 30 heavy (non-hydrogen) atoms. The topological polar surface area (TPSA) is 59.7 Å². The summed E-state index contributed by atoms with van der Waals surface area (Å²) >= 11 is 0. The minimum absolute atomic E-state index is 0.703. The second kappa shape index (κ2) is 7.80. The summed E-state index contributed by atoms with van der Waals surface area (Å²) in [6.45, 7) is 7.18. The second-order valence-electron chi connectivity index (χ2n) is 7.82. The molecule has 6 heteroatoms. The van der Waals surface area contributed by atoms with Crippen LogP contribution in [0.2, 0.25) is 0 Å². The zero-order chi connectivity index (χ0) is 20.5. The van der Waals surface area contributed by atoms with E-state index in [9.17, 15) is 0 Å². The number of benzene rings is 1. The van der Waals surface area contributed by atoms with E-state index < -0.39 is 0 Å². The van der Waals surface area contributed by atoms with Crippen LogP contribution in [-0.4, -0.2) is 35.9 Å². The average Bonchev–Trinajstić information content (AvgIpc) is 3.07. The van der Waals surface area contributed by atoms with Gasteiger partial charge in [0.15, 0.2) is 5.82 Å². The van der Waals surface area contributed by atoms with Gasteiger partial charge in [-0.2, -0.15) is 0 Å². The maximum atomic E-state index is 4.78. The number of hydrogen-bond acceptors (Lipinski definition) is 5. The van der Waals surface area contributed by atoms with Gasteiger partial charge in [0.05, 0.1) is 11.3 Å². The van der Waals surface area contributed by atoms with Crippen molar-refractivity contribution in [2.45, 2.75) is 33.4 Å². The van der Waals surface area contributed by atoms with E-state index >= 15 is 0 Å². The van der Waals surface area contributed by atoms with E-state index in [0.29, 0.717) is 5.82 Å². The van der Waals surface area contributed by atoms with Crippen molar-refractivity contribution in [3.05, 3.63) is 89.5 Å². The first-order valence-corrected chi connectivity index (χ1v) is 10.2. The third kappa shape index (κ3) is 3.50. The SMILES string of the molecule is Cc1cc(CN2CCc3nc(-c4cncnc4)ncc3C2)c(C)n1-c1ccccc1. The molecule has 1 aliphatic heterocycles. The van der Waals surface area contributed by atoms with Crippen LogP contribution in [0.15, 0.2) is 61.3 Å². The molecule has 0 saturated heterocycles. The lowest BCUT2D eigenvalue weighted by Gasteiger charge is -2.28. The number of aryl methyl sites for hydroxylation is 1. The molecule has 150 valence electrons. The highest BCUT2D eigenvalue weighted by atomic mass is 15.1. The summed E-state index contributed by atoms with van der Waals surface area (Å²) in [6.07, 6.45) is 7.92. The maximum absolute atomic E-state index is 4.78. The van der Waals surface area contributed by atoms with Crippen molar-refractivity contribution in [2.24, 2.45) is 0 Å². The van der Waals surface area contributed by atoms with Crippen LogP contribution in [0, 0.1) is 13.8 Å².